The Labute approximate surface area is 234 Å². The van der Waals surface area contributed by atoms with Gasteiger partial charge in [-0.25, -0.2) is 20.0 Å². The Bertz CT molecular complexity index is 1810. The molecule has 0 atom stereocenters. The van der Waals surface area contributed by atoms with Crippen LogP contribution < -0.4 is 5.73 Å². The van der Waals surface area contributed by atoms with Crippen molar-refractivity contribution in [2.45, 2.75) is 5.33 Å². The number of para-hydroxylation sites is 1. The van der Waals surface area contributed by atoms with E-state index in [9.17, 15) is 0 Å². The molecule has 0 radical (unpaired) electrons. The van der Waals surface area contributed by atoms with Crippen molar-refractivity contribution in [2.24, 2.45) is 20.0 Å². The quantitative estimate of drug-likeness (QED) is 0.311. The standard InChI is InChI=1S/C33H22BrN5/c34-19-20-5-7-21(8-6-20)32-28-13-9-22(36-28)17-24-11-15-30(38-24)33(26-3-1-2-4-27(26)35)31-16-12-25(39-31)18-23-10-14-29(32)37-23/h1-18H,19,35H2. The first-order valence-electron chi connectivity index (χ1n) is 12.6. The van der Waals surface area contributed by atoms with Crippen LogP contribution in [0.25, 0.3) is 11.1 Å². The van der Waals surface area contributed by atoms with Crippen molar-refractivity contribution >= 4 is 55.6 Å². The van der Waals surface area contributed by atoms with Crippen molar-refractivity contribution in [2.75, 3.05) is 5.73 Å². The number of alkyl halides is 1. The van der Waals surface area contributed by atoms with Gasteiger partial charge in [-0.1, -0.05) is 58.4 Å². The van der Waals surface area contributed by atoms with E-state index in [1.54, 1.807) is 0 Å². The Balaban J connectivity index is 1.43. The van der Waals surface area contributed by atoms with Gasteiger partial charge in [-0.05, 0) is 78.0 Å². The topological polar surface area (TPSA) is 75.5 Å². The summed E-state index contributed by atoms with van der Waals surface area (Å²) in [6.07, 6.45) is 20.2. The lowest BCUT2D eigenvalue weighted by atomic mass is 9.97. The zero-order valence-corrected chi connectivity index (χ0v) is 22.4. The maximum absolute atomic E-state index is 6.41. The minimum absolute atomic E-state index is 0.681. The molecule has 5 aliphatic heterocycles. The van der Waals surface area contributed by atoms with E-state index in [-0.39, 0.29) is 0 Å². The molecule has 0 fully saturated rings. The van der Waals surface area contributed by atoms with Crippen LogP contribution >= 0.6 is 15.9 Å². The molecule has 0 saturated carbocycles. The van der Waals surface area contributed by atoms with Crippen LogP contribution in [0.3, 0.4) is 0 Å². The highest BCUT2D eigenvalue weighted by molar-refractivity contribution is 9.08. The van der Waals surface area contributed by atoms with E-state index in [0.717, 1.165) is 73.2 Å². The molecule has 2 aromatic rings. The fourth-order valence-corrected chi connectivity index (χ4v) is 5.39. The predicted molar refractivity (Wildman–Crippen MR) is 166 cm³/mol. The van der Waals surface area contributed by atoms with E-state index in [1.165, 1.54) is 5.56 Å². The van der Waals surface area contributed by atoms with E-state index in [2.05, 4.69) is 40.2 Å². The van der Waals surface area contributed by atoms with E-state index in [1.807, 2.05) is 85.0 Å². The van der Waals surface area contributed by atoms with Crippen LogP contribution in [0.2, 0.25) is 0 Å². The number of fused-ring (bicyclic) bond motifs is 4. The third-order valence-corrected chi connectivity index (χ3v) is 7.54. The van der Waals surface area contributed by atoms with Gasteiger partial charge in [0.2, 0.25) is 0 Å². The molecule has 0 spiro atoms. The summed E-state index contributed by atoms with van der Waals surface area (Å²) in [7, 11) is 0. The van der Waals surface area contributed by atoms with Gasteiger partial charge in [0.05, 0.1) is 45.6 Å². The third-order valence-electron chi connectivity index (χ3n) is 6.89. The van der Waals surface area contributed by atoms with E-state index >= 15 is 0 Å². The monoisotopic (exact) mass is 567 g/mol. The zero-order chi connectivity index (χ0) is 26.3. The molecule has 5 aliphatic rings. The number of nitrogen functional groups attached to an aromatic ring is 1. The van der Waals surface area contributed by atoms with Crippen LogP contribution in [0, 0.1) is 0 Å². The molecule has 0 saturated heterocycles. The summed E-state index contributed by atoms with van der Waals surface area (Å²) >= 11 is 3.54. The zero-order valence-electron chi connectivity index (χ0n) is 20.8. The molecule has 186 valence electrons. The summed E-state index contributed by atoms with van der Waals surface area (Å²) in [5.74, 6) is 0. The van der Waals surface area contributed by atoms with Crippen LogP contribution in [0.1, 0.15) is 16.7 Å². The number of hydrogen-bond acceptors (Lipinski definition) is 5. The number of allylic oxidation sites excluding steroid dienone is 12. The smallest absolute Gasteiger partial charge is 0.0738 e. The van der Waals surface area contributed by atoms with Gasteiger partial charge >= 0.3 is 0 Å². The molecule has 0 aromatic heterocycles. The van der Waals surface area contributed by atoms with Crippen molar-refractivity contribution in [1.29, 1.82) is 0 Å². The Morgan fingerprint density at radius 2 is 1.18 bits per heavy atom. The van der Waals surface area contributed by atoms with Gasteiger partial charge in [-0.2, -0.15) is 0 Å². The molecule has 0 aliphatic carbocycles. The highest BCUT2D eigenvalue weighted by atomic mass is 79.9. The Morgan fingerprint density at radius 1 is 0.590 bits per heavy atom. The van der Waals surface area contributed by atoms with Crippen molar-refractivity contribution in [1.82, 2.24) is 0 Å². The highest BCUT2D eigenvalue weighted by Gasteiger charge is 2.22. The fraction of sp³-hybridized carbons (Fsp3) is 0.0303. The maximum Gasteiger partial charge on any atom is 0.0738 e. The van der Waals surface area contributed by atoms with Crippen LogP contribution in [0.5, 0.6) is 0 Å². The lowest BCUT2D eigenvalue weighted by Gasteiger charge is -2.11. The van der Waals surface area contributed by atoms with Gasteiger partial charge in [-0.3, -0.25) is 0 Å². The molecule has 2 aromatic carbocycles. The minimum Gasteiger partial charge on any atom is -0.398 e. The van der Waals surface area contributed by atoms with E-state index < -0.39 is 0 Å². The van der Waals surface area contributed by atoms with Crippen LogP contribution in [-0.4, -0.2) is 22.8 Å². The molecule has 0 unspecified atom stereocenters. The molecule has 6 heteroatoms. The molecule has 39 heavy (non-hydrogen) atoms. The fourth-order valence-electron chi connectivity index (χ4n) is 5.01. The number of benzene rings is 2. The Kier molecular flexibility index (Phi) is 5.75. The third kappa shape index (κ3) is 4.39. The van der Waals surface area contributed by atoms with Gasteiger partial charge < -0.3 is 5.73 Å². The Hall–Kier alpha value is -4.68. The summed E-state index contributed by atoms with van der Waals surface area (Å²) in [4.78, 5) is 19.9. The molecular weight excluding hydrogens is 546 g/mol. The SMILES string of the molecule is Nc1ccccc1C1=C2C=CC(=N2)C=C2C=CC(=N2)C(c2ccc(CBr)cc2)=C2C=CC(=N2)C=C2C=CC1=N2. The lowest BCUT2D eigenvalue weighted by Crippen LogP contribution is -2.03. The maximum atomic E-state index is 6.41. The number of halogens is 1. The number of aliphatic imine (C=N–C) groups is 4. The van der Waals surface area contributed by atoms with Gasteiger partial charge in [0.1, 0.15) is 0 Å². The van der Waals surface area contributed by atoms with Crippen LogP contribution in [0.4, 0.5) is 5.69 Å². The molecule has 7 rings (SSSR count). The normalized spacial score (nSPS) is 18.9. The molecule has 0 amide bonds. The van der Waals surface area contributed by atoms with Crippen molar-refractivity contribution in [3.63, 3.8) is 0 Å². The molecular formula is C33H22BrN5. The van der Waals surface area contributed by atoms with Gasteiger partial charge in [-0.15, -0.1) is 0 Å². The predicted octanol–water partition coefficient (Wildman–Crippen LogP) is 7.11. The highest BCUT2D eigenvalue weighted by Crippen LogP contribution is 2.34. The number of nitrogens with zero attached hydrogens (tertiary/aromatic N) is 4. The summed E-state index contributed by atoms with van der Waals surface area (Å²) in [5, 5.41) is 0.809. The first kappa shape index (κ1) is 23.4. The first-order valence-corrected chi connectivity index (χ1v) is 13.8. The second-order valence-electron chi connectivity index (χ2n) is 9.48. The summed E-state index contributed by atoms with van der Waals surface area (Å²) in [5.41, 5.74) is 18.9. The second kappa shape index (κ2) is 9.57. The summed E-state index contributed by atoms with van der Waals surface area (Å²) in [6.45, 7) is 0. The molecule has 5 heterocycles. The molecule has 5 nitrogen and oxygen atoms in total. The van der Waals surface area contributed by atoms with Crippen LogP contribution in [0.15, 0.2) is 152 Å². The number of rotatable bonds is 3. The van der Waals surface area contributed by atoms with Gasteiger partial charge in [0.25, 0.3) is 0 Å². The number of nitrogens with two attached hydrogens (primary N) is 1. The summed E-state index contributed by atoms with van der Waals surface area (Å²) in [6, 6.07) is 16.3. The van der Waals surface area contributed by atoms with Crippen molar-refractivity contribution in [3.8, 4) is 0 Å². The largest absolute Gasteiger partial charge is 0.398 e. The Morgan fingerprint density at radius 3 is 1.79 bits per heavy atom. The van der Waals surface area contributed by atoms with Crippen LogP contribution in [-0.2, 0) is 5.33 Å². The minimum atomic E-state index is 0.681. The number of hydrogen-bond donors (Lipinski definition) is 1. The molecule has 8 bridgehead atoms. The van der Waals surface area contributed by atoms with E-state index in [4.69, 9.17) is 25.7 Å². The lowest BCUT2D eigenvalue weighted by molar-refractivity contribution is 1.39. The second-order valence-corrected chi connectivity index (χ2v) is 10.0. The average molecular weight is 568 g/mol. The first-order chi connectivity index (χ1) is 19.1. The van der Waals surface area contributed by atoms with E-state index in [0.29, 0.717) is 5.69 Å². The molecule has 2 N–H and O–H groups in total. The number of anilines is 1. The van der Waals surface area contributed by atoms with Gasteiger partial charge in [0, 0.05) is 27.7 Å². The average Bonchev–Trinajstić information content (AvgIpc) is 3.76. The summed E-state index contributed by atoms with van der Waals surface area (Å²) < 4.78 is 0. The van der Waals surface area contributed by atoms with Crippen molar-refractivity contribution < 1.29 is 0 Å². The van der Waals surface area contributed by atoms with Crippen molar-refractivity contribution in [3.05, 3.63) is 149 Å². The van der Waals surface area contributed by atoms with Gasteiger partial charge in [0.15, 0.2) is 0 Å².